The third-order valence-corrected chi connectivity index (χ3v) is 3.30. The second kappa shape index (κ2) is 5.74. The summed E-state index contributed by atoms with van der Waals surface area (Å²) in [5, 5.41) is 7.38. The smallest absolute Gasteiger partial charge is 0.139 e. The maximum atomic E-state index is 14.3. The van der Waals surface area contributed by atoms with E-state index in [1.54, 1.807) is 12.1 Å². The number of benzene rings is 2. The molecule has 0 bridgehead atoms. The molecule has 0 aliphatic carbocycles. The Morgan fingerprint density at radius 2 is 1.90 bits per heavy atom. The molecule has 104 valence electrons. The van der Waals surface area contributed by atoms with Gasteiger partial charge in [-0.15, -0.1) is 0 Å². The van der Waals surface area contributed by atoms with Crippen molar-refractivity contribution in [1.29, 1.82) is 5.41 Å². The van der Waals surface area contributed by atoms with Gasteiger partial charge in [-0.3, -0.25) is 5.41 Å². The summed E-state index contributed by atoms with van der Waals surface area (Å²) in [6.45, 7) is 2.45. The standard InChI is InChI=1S/C16H18FN3/c1-11-6-3-4-9-14(11)20(2)10-12-7-5-8-13(15(12)17)16(18)19/h3-9H,10H2,1-2H3,(H3,18,19). The van der Waals surface area contributed by atoms with Crippen LogP contribution in [0, 0.1) is 18.2 Å². The highest BCUT2D eigenvalue weighted by molar-refractivity contribution is 5.95. The summed E-state index contributed by atoms with van der Waals surface area (Å²) < 4.78 is 14.3. The first-order valence-electron chi connectivity index (χ1n) is 6.39. The number of aryl methyl sites for hydroxylation is 1. The van der Waals surface area contributed by atoms with Crippen molar-refractivity contribution < 1.29 is 4.39 Å². The van der Waals surface area contributed by atoms with Crippen molar-refractivity contribution in [3.63, 3.8) is 0 Å². The number of nitrogens with two attached hydrogens (primary N) is 1. The van der Waals surface area contributed by atoms with Crippen molar-refractivity contribution in [3.8, 4) is 0 Å². The van der Waals surface area contributed by atoms with Crippen molar-refractivity contribution in [2.45, 2.75) is 13.5 Å². The number of amidine groups is 1. The van der Waals surface area contributed by atoms with Crippen LogP contribution in [0.1, 0.15) is 16.7 Å². The third-order valence-electron chi connectivity index (χ3n) is 3.30. The van der Waals surface area contributed by atoms with E-state index in [4.69, 9.17) is 11.1 Å². The summed E-state index contributed by atoms with van der Waals surface area (Å²) in [6, 6.07) is 12.9. The predicted molar refractivity (Wildman–Crippen MR) is 80.7 cm³/mol. The van der Waals surface area contributed by atoms with Gasteiger partial charge in [-0.1, -0.05) is 30.3 Å². The minimum absolute atomic E-state index is 0.153. The highest BCUT2D eigenvalue weighted by Crippen LogP contribution is 2.21. The number of nitrogens with one attached hydrogen (secondary N) is 1. The van der Waals surface area contributed by atoms with Crippen LogP contribution in [0.25, 0.3) is 0 Å². The lowest BCUT2D eigenvalue weighted by atomic mass is 10.1. The Morgan fingerprint density at radius 3 is 2.55 bits per heavy atom. The number of nitrogen functional groups attached to an aromatic ring is 1. The van der Waals surface area contributed by atoms with Gasteiger partial charge in [0.25, 0.3) is 0 Å². The van der Waals surface area contributed by atoms with Crippen molar-refractivity contribution in [2.24, 2.45) is 5.73 Å². The molecule has 0 radical (unpaired) electrons. The Hall–Kier alpha value is -2.36. The topological polar surface area (TPSA) is 53.1 Å². The van der Waals surface area contributed by atoms with E-state index in [0.717, 1.165) is 11.3 Å². The van der Waals surface area contributed by atoms with Gasteiger partial charge in [0.15, 0.2) is 0 Å². The molecule has 0 aliphatic rings. The van der Waals surface area contributed by atoms with Gasteiger partial charge in [-0.2, -0.15) is 0 Å². The molecular weight excluding hydrogens is 253 g/mol. The van der Waals surface area contributed by atoms with E-state index in [0.29, 0.717) is 12.1 Å². The molecule has 4 heteroatoms. The molecule has 0 heterocycles. The van der Waals surface area contributed by atoms with Crippen LogP contribution < -0.4 is 10.6 Å². The number of rotatable bonds is 4. The zero-order chi connectivity index (χ0) is 14.7. The average Bonchev–Trinajstić information content (AvgIpc) is 2.41. The molecule has 0 fully saturated rings. The number of anilines is 1. The van der Waals surface area contributed by atoms with Crippen molar-refractivity contribution in [1.82, 2.24) is 0 Å². The van der Waals surface area contributed by atoms with Crippen LogP contribution in [0.15, 0.2) is 42.5 Å². The number of hydrogen-bond acceptors (Lipinski definition) is 2. The lowest BCUT2D eigenvalue weighted by Gasteiger charge is -2.22. The number of halogens is 1. The highest BCUT2D eigenvalue weighted by atomic mass is 19.1. The normalized spacial score (nSPS) is 10.3. The summed E-state index contributed by atoms with van der Waals surface area (Å²) in [4.78, 5) is 1.98. The summed E-state index contributed by atoms with van der Waals surface area (Å²) in [7, 11) is 1.92. The molecule has 3 N–H and O–H groups in total. The van der Waals surface area contributed by atoms with E-state index in [9.17, 15) is 4.39 Å². The van der Waals surface area contributed by atoms with Crippen molar-refractivity contribution in [2.75, 3.05) is 11.9 Å². The summed E-state index contributed by atoms with van der Waals surface area (Å²) in [6.07, 6.45) is 0. The quantitative estimate of drug-likeness (QED) is 0.663. The summed E-state index contributed by atoms with van der Waals surface area (Å²) in [5.74, 6) is -0.664. The largest absolute Gasteiger partial charge is 0.384 e. The Bertz CT molecular complexity index is 637. The molecular formula is C16H18FN3. The first kappa shape index (κ1) is 14.1. The molecule has 0 amide bonds. The molecule has 0 aliphatic heterocycles. The SMILES string of the molecule is Cc1ccccc1N(C)Cc1cccc(C(=N)N)c1F. The van der Waals surface area contributed by atoms with Gasteiger partial charge in [0.2, 0.25) is 0 Å². The van der Waals surface area contributed by atoms with Gasteiger partial charge >= 0.3 is 0 Å². The Balaban J connectivity index is 2.29. The monoisotopic (exact) mass is 271 g/mol. The summed E-state index contributed by atoms with van der Waals surface area (Å²) >= 11 is 0. The zero-order valence-electron chi connectivity index (χ0n) is 11.7. The Kier molecular flexibility index (Phi) is 4.03. The van der Waals surface area contributed by atoms with Gasteiger partial charge in [0, 0.05) is 24.8 Å². The van der Waals surface area contributed by atoms with E-state index >= 15 is 0 Å². The molecule has 20 heavy (non-hydrogen) atoms. The van der Waals surface area contributed by atoms with Gasteiger partial charge in [0.05, 0.1) is 5.56 Å². The predicted octanol–water partition coefficient (Wildman–Crippen LogP) is 3.05. The Morgan fingerprint density at radius 1 is 1.20 bits per heavy atom. The van der Waals surface area contributed by atoms with Gasteiger partial charge in [0.1, 0.15) is 11.7 Å². The van der Waals surface area contributed by atoms with Crippen LogP contribution in [-0.4, -0.2) is 12.9 Å². The van der Waals surface area contributed by atoms with Crippen molar-refractivity contribution >= 4 is 11.5 Å². The molecule has 2 aromatic rings. The van der Waals surface area contributed by atoms with E-state index < -0.39 is 5.82 Å². The van der Waals surface area contributed by atoms with Gasteiger partial charge in [-0.25, -0.2) is 4.39 Å². The Labute approximate surface area is 118 Å². The summed E-state index contributed by atoms with van der Waals surface area (Å²) in [5.41, 5.74) is 8.26. The average molecular weight is 271 g/mol. The fourth-order valence-electron chi connectivity index (χ4n) is 2.24. The van der Waals surface area contributed by atoms with Crippen LogP contribution >= 0.6 is 0 Å². The second-order valence-electron chi connectivity index (χ2n) is 4.83. The van der Waals surface area contributed by atoms with Crippen LogP contribution in [0.2, 0.25) is 0 Å². The number of hydrogen-bond donors (Lipinski definition) is 2. The molecule has 0 spiro atoms. The van der Waals surface area contributed by atoms with Gasteiger partial charge < -0.3 is 10.6 Å². The van der Waals surface area contributed by atoms with Gasteiger partial charge in [-0.05, 0) is 24.6 Å². The number of para-hydroxylation sites is 1. The molecule has 0 aromatic heterocycles. The maximum absolute atomic E-state index is 14.3. The van der Waals surface area contributed by atoms with Crippen molar-refractivity contribution in [3.05, 3.63) is 65.0 Å². The lowest BCUT2D eigenvalue weighted by Crippen LogP contribution is -2.20. The lowest BCUT2D eigenvalue weighted by molar-refractivity contribution is 0.605. The fraction of sp³-hybridized carbons (Fsp3) is 0.188. The zero-order valence-corrected chi connectivity index (χ0v) is 11.7. The molecule has 0 saturated carbocycles. The molecule has 0 saturated heterocycles. The maximum Gasteiger partial charge on any atom is 0.139 e. The number of nitrogens with zero attached hydrogens (tertiary/aromatic N) is 1. The minimum atomic E-state index is -0.416. The van der Waals surface area contributed by atoms with Crippen LogP contribution in [-0.2, 0) is 6.54 Å². The molecule has 2 aromatic carbocycles. The highest BCUT2D eigenvalue weighted by Gasteiger charge is 2.12. The molecule has 0 unspecified atom stereocenters. The molecule has 0 atom stereocenters. The first-order valence-corrected chi connectivity index (χ1v) is 6.39. The van der Waals surface area contributed by atoms with E-state index in [1.807, 2.05) is 43.1 Å². The van der Waals surface area contributed by atoms with Crippen LogP contribution in [0.5, 0.6) is 0 Å². The molecule has 3 nitrogen and oxygen atoms in total. The van der Waals surface area contributed by atoms with Crippen LogP contribution in [0.4, 0.5) is 10.1 Å². The second-order valence-corrected chi connectivity index (χ2v) is 4.83. The van der Waals surface area contributed by atoms with E-state index in [2.05, 4.69) is 0 Å². The fourth-order valence-corrected chi connectivity index (χ4v) is 2.24. The third kappa shape index (κ3) is 2.79. The first-order chi connectivity index (χ1) is 9.50. The van der Waals surface area contributed by atoms with Crippen LogP contribution in [0.3, 0.4) is 0 Å². The van der Waals surface area contributed by atoms with E-state index in [-0.39, 0.29) is 11.4 Å². The minimum Gasteiger partial charge on any atom is -0.384 e. The van der Waals surface area contributed by atoms with E-state index in [1.165, 1.54) is 6.07 Å². The molecule has 2 rings (SSSR count).